The van der Waals surface area contributed by atoms with Crippen LogP contribution in [0.25, 0.3) is 0 Å². The molecule has 0 N–H and O–H groups in total. The minimum absolute atomic E-state index is 0.292. The van der Waals surface area contributed by atoms with Gasteiger partial charge in [-0.2, -0.15) is 0 Å². The highest BCUT2D eigenvalue weighted by molar-refractivity contribution is 6.07. The summed E-state index contributed by atoms with van der Waals surface area (Å²) in [7, 11) is 0. The van der Waals surface area contributed by atoms with Crippen LogP contribution in [0.15, 0.2) is 84.9 Å². The molecule has 3 aromatic rings. The van der Waals surface area contributed by atoms with E-state index in [9.17, 15) is 4.79 Å². The van der Waals surface area contributed by atoms with Crippen LogP contribution in [0.3, 0.4) is 0 Å². The first-order valence-electron chi connectivity index (χ1n) is 11.2. The Morgan fingerprint density at radius 3 is 2.13 bits per heavy atom. The number of benzene rings is 3. The molecule has 2 nitrogen and oxygen atoms in total. The number of ketones is 1. The third kappa shape index (κ3) is 1.75. The van der Waals surface area contributed by atoms with E-state index in [0.29, 0.717) is 17.6 Å². The van der Waals surface area contributed by atoms with Crippen molar-refractivity contribution in [3.63, 3.8) is 0 Å². The number of fused-ring (bicyclic) bond motifs is 6. The first-order valence-corrected chi connectivity index (χ1v) is 11.2. The molecular formula is C28H24O2. The summed E-state index contributed by atoms with van der Waals surface area (Å²) in [5.74, 6) is 1.21. The molecule has 3 aromatic carbocycles. The summed E-state index contributed by atoms with van der Waals surface area (Å²) in [6.45, 7) is 0. The average Bonchev–Trinajstić information content (AvgIpc) is 3.28. The molecule has 1 aliphatic heterocycles. The second-order valence-corrected chi connectivity index (χ2v) is 9.63. The molecule has 0 radical (unpaired) electrons. The molecule has 1 saturated heterocycles. The van der Waals surface area contributed by atoms with Crippen LogP contribution in [-0.4, -0.2) is 11.4 Å². The maximum Gasteiger partial charge on any atom is 0.174 e. The van der Waals surface area contributed by atoms with Gasteiger partial charge in [0.15, 0.2) is 5.78 Å². The van der Waals surface area contributed by atoms with Crippen LogP contribution in [0.2, 0.25) is 0 Å². The third-order valence-electron chi connectivity index (χ3n) is 8.65. The van der Waals surface area contributed by atoms with Crippen molar-refractivity contribution in [1.29, 1.82) is 0 Å². The van der Waals surface area contributed by atoms with Gasteiger partial charge in [0.05, 0.1) is 5.41 Å². The average molecular weight is 392 g/mol. The number of ether oxygens (including phenoxy) is 1. The minimum Gasteiger partial charge on any atom is -0.352 e. The number of hydrogen-bond acceptors (Lipinski definition) is 2. The standard InChI is InChI=1S/C28H24O2/c29-25-23-13-7-8-14-24(23)28(20-11-5-2-6-12-20)27(30-28)18-26(25,19-9-3-1-4-10-19)21-15-16-22(27)17-21/h1-14,21-22H,15-18H2/t21-,22+,26+,27-,28+/m0/s1. The van der Waals surface area contributed by atoms with Gasteiger partial charge in [-0.1, -0.05) is 84.9 Å². The molecule has 1 spiro atoms. The van der Waals surface area contributed by atoms with Crippen molar-refractivity contribution in [1.82, 2.24) is 0 Å². The number of carbonyl (C=O) groups excluding carboxylic acids is 1. The highest BCUT2D eigenvalue weighted by atomic mass is 16.6. The zero-order chi connectivity index (χ0) is 20.0. The normalized spacial score (nSPS) is 37.8. The van der Waals surface area contributed by atoms with Crippen LogP contribution in [-0.2, 0) is 15.8 Å². The maximum atomic E-state index is 14.4. The number of Topliss-reactive ketones (excluding diaryl/α,β-unsaturated/α-hetero) is 1. The monoisotopic (exact) mass is 392 g/mol. The maximum absolute atomic E-state index is 14.4. The first-order chi connectivity index (χ1) is 14.7. The predicted octanol–water partition coefficient (Wildman–Crippen LogP) is 5.65. The van der Waals surface area contributed by atoms with Crippen molar-refractivity contribution >= 4 is 5.78 Å². The van der Waals surface area contributed by atoms with E-state index < -0.39 is 11.0 Å². The van der Waals surface area contributed by atoms with Crippen LogP contribution in [0, 0.1) is 11.8 Å². The quantitative estimate of drug-likeness (QED) is 0.527. The van der Waals surface area contributed by atoms with Gasteiger partial charge in [0, 0.05) is 11.1 Å². The van der Waals surface area contributed by atoms with E-state index in [-0.39, 0.29) is 5.60 Å². The SMILES string of the molecule is O=C1c2ccccc2[C@@]2(c3ccccc3)O[C@]23C[C@@]1(c1ccccc1)[C@H]1CC[C@@H]3C1. The van der Waals surface area contributed by atoms with Crippen molar-refractivity contribution in [2.45, 2.75) is 42.3 Å². The van der Waals surface area contributed by atoms with Crippen molar-refractivity contribution in [2.75, 3.05) is 0 Å². The Morgan fingerprint density at radius 2 is 1.37 bits per heavy atom. The molecule has 4 aliphatic rings. The topological polar surface area (TPSA) is 29.6 Å². The smallest absolute Gasteiger partial charge is 0.174 e. The lowest BCUT2D eigenvalue weighted by atomic mass is 9.56. The summed E-state index contributed by atoms with van der Waals surface area (Å²) >= 11 is 0. The molecular weight excluding hydrogens is 368 g/mol. The van der Waals surface area contributed by atoms with E-state index in [1.54, 1.807) is 0 Å². The summed E-state index contributed by atoms with van der Waals surface area (Å²) in [5.41, 5.74) is 3.02. The molecule has 148 valence electrons. The Balaban J connectivity index is 1.58. The molecule has 0 aromatic heterocycles. The highest BCUT2D eigenvalue weighted by Gasteiger charge is 2.82. The highest BCUT2D eigenvalue weighted by Crippen LogP contribution is 2.76. The lowest BCUT2D eigenvalue weighted by molar-refractivity contribution is 0.0596. The van der Waals surface area contributed by atoms with Gasteiger partial charge < -0.3 is 4.74 Å². The van der Waals surface area contributed by atoms with Gasteiger partial charge in [0.1, 0.15) is 11.2 Å². The van der Waals surface area contributed by atoms with Crippen LogP contribution in [0.4, 0.5) is 0 Å². The summed E-state index contributed by atoms with van der Waals surface area (Å²) in [4.78, 5) is 14.4. The van der Waals surface area contributed by atoms with Crippen LogP contribution < -0.4 is 0 Å². The Hall–Kier alpha value is -2.71. The predicted molar refractivity (Wildman–Crippen MR) is 115 cm³/mol. The third-order valence-corrected chi connectivity index (χ3v) is 8.65. The van der Waals surface area contributed by atoms with Gasteiger partial charge in [0.25, 0.3) is 0 Å². The lowest BCUT2D eigenvalue weighted by Gasteiger charge is -2.44. The molecule has 5 atom stereocenters. The molecule has 3 aliphatic carbocycles. The fraction of sp³-hybridized carbons (Fsp3) is 0.321. The van der Waals surface area contributed by atoms with Crippen molar-refractivity contribution < 1.29 is 9.53 Å². The molecule has 2 heteroatoms. The van der Waals surface area contributed by atoms with E-state index in [4.69, 9.17) is 4.74 Å². The fourth-order valence-electron chi connectivity index (χ4n) is 7.45. The number of rotatable bonds is 2. The molecule has 2 saturated carbocycles. The summed E-state index contributed by atoms with van der Waals surface area (Å²) in [5, 5.41) is 0. The molecule has 0 unspecified atom stereocenters. The summed E-state index contributed by atoms with van der Waals surface area (Å²) in [6.07, 6.45) is 4.15. The van der Waals surface area contributed by atoms with E-state index in [1.807, 2.05) is 18.2 Å². The van der Waals surface area contributed by atoms with Gasteiger partial charge in [-0.15, -0.1) is 0 Å². The summed E-state index contributed by atoms with van der Waals surface area (Å²) in [6, 6.07) is 29.4. The zero-order valence-corrected chi connectivity index (χ0v) is 16.9. The summed E-state index contributed by atoms with van der Waals surface area (Å²) < 4.78 is 6.99. The second-order valence-electron chi connectivity index (χ2n) is 9.63. The Morgan fingerprint density at radius 1 is 0.733 bits per heavy atom. The second kappa shape index (κ2) is 5.50. The lowest BCUT2D eigenvalue weighted by Crippen LogP contribution is -2.50. The first kappa shape index (κ1) is 17.0. The molecule has 7 rings (SSSR count). The van der Waals surface area contributed by atoms with Gasteiger partial charge in [-0.25, -0.2) is 0 Å². The number of carbonyl (C=O) groups is 1. The minimum atomic E-state index is -0.503. The van der Waals surface area contributed by atoms with Gasteiger partial charge in [-0.3, -0.25) is 4.79 Å². The number of hydrogen-bond donors (Lipinski definition) is 0. The largest absolute Gasteiger partial charge is 0.352 e. The fourth-order valence-corrected chi connectivity index (χ4v) is 7.45. The van der Waals surface area contributed by atoms with Crippen molar-refractivity contribution in [3.8, 4) is 0 Å². The molecule has 3 fully saturated rings. The number of epoxide rings is 1. The molecule has 30 heavy (non-hydrogen) atoms. The molecule has 0 amide bonds. The van der Waals surface area contributed by atoms with Crippen LogP contribution >= 0.6 is 0 Å². The Labute approximate surface area is 176 Å². The zero-order valence-electron chi connectivity index (χ0n) is 16.9. The van der Waals surface area contributed by atoms with E-state index in [2.05, 4.69) is 66.7 Å². The van der Waals surface area contributed by atoms with Gasteiger partial charge in [-0.05, 0) is 48.6 Å². The Bertz CT molecular complexity index is 1170. The van der Waals surface area contributed by atoms with Crippen molar-refractivity contribution in [2.24, 2.45) is 11.8 Å². The van der Waals surface area contributed by atoms with Gasteiger partial charge in [0.2, 0.25) is 0 Å². The van der Waals surface area contributed by atoms with Crippen LogP contribution in [0.5, 0.6) is 0 Å². The van der Waals surface area contributed by atoms with E-state index in [0.717, 1.165) is 36.8 Å². The molecule has 4 bridgehead atoms. The van der Waals surface area contributed by atoms with Crippen LogP contribution in [0.1, 0.15) is 52.7 Å². The van der Waals surface area contributed by atoms with Crippen molar-refractivity contribution in [3.05, 3.63) is 107 Å². The van der Waals surface area contributed by atoms with E-state index >= 15 is 0 Å². The van der Waals surface area contributed by atoms with Gasteiger partial charge >= 0.3 is 0 Å². The molecule has 1 heterocycles. The van der Waals surface area contributed by atoms with E-state index in [1.165, 1.54) is 11.1 Å². The Kier molecular flexibility index (Phi) is 3.12.